The summed E-state index contributed by atoms with van der Waals surface area (Å²) in [6.07, 6.45) is 4.02. The summed E-state index contributed by atoms with van der Waals surface area (Å²) in [5.74, 6) is 0.662. The zero-order valence-electron chi connectivity index (χ0n) is 12.6. The van der Waals surface area contributed by atoms with Crippen molar-refractivity contribution in [1.82, 2.24) is 9.88 Å². The molecule has 0 radical (unpaired) electrons. The van der Waals surface area contributed by atoms with E-state index in [0.717, 1.165) is 12.6 Å². The number of hydrogen-bond donors (Lipinski definition) is 1. The van der Waals surface area contributed by atoms with E-state index in [9.17, 15) is 0 Å². The molecule has 1 unspecified atom stereocenters. The maximum Gasteiger partial charge on any atom is 0.0279 e. The number of hydrogen-bond acceptors (Lipinski definition) is 1. The van der Waals surface area contributed by atoms with Crippen molar-refractivity contribution in [2.75, 3.05) is 6.54 Å². The van der Waals surface area contributed by atoms with E-state index in [4.69, 9.17) is 0 Å². The molecular weight excluding hydrogens is 220 g/mol. The molecule has 2 heteroatoms. The van der Waals surface area contributed by atoms with Crippen molar-refractivity contribution in [3.05, 3.63) is 23.0 Å². The maximum atomic E-state index is 3.61. The number of nitrogens with zero attached hydrogens (tertiary/aromatic N) is 1. The normalized spacial score (nSPS) is 17.4. The van der Waals surface area contributed by atoms with Crippen molar-refractivity contribution >= 4 is 0 Å². The summed E-state index contributed by atoms with van der Waals surface area (Å²) >= 11 is 0. The Labute approximate surface area is 112 Å². The van der Waals surface area contributed by atoms with Crippen LogP contribution in [0.3, 0.4) is 0 Å². The van der Waals surface area contributed by atoms with Crippen LogP contribution in [0.25, 0.3) is 0 Å². The fraction of sp³-hybridized carbons (Fsp3) is 0.750. The van der Waals surface area contributed by atoms with Crippen LogP contribution in [-0.2, 0) is 0 Å². The van der Waals surface area contributed by atoms with E-state index in [1.165, 1.54) is 30.7 Å². The van der Waals surface area contributed by atoms with Crippen LogP contribution in [0.1, 0.15) is 68.9 Å². The zero-order valence-corrected chi connectivity index (χ0v) is 12.6. The van der Waals surface area contributed by atoms with Crippen LogP contribution in [0.5, 0.6) is 0 Å². The molecule has 0 aliphatic heterocycles. The Hall–Kier alpha value is -0.760. The van der Waals surface area contributed by atoms with E-state index in [1.807, 2.05) is 0 Å². The Bertz CT molecular complexity index is 399. The molecule has 18 heavy (non-hydrogen) atoms. The maximum absolute atomic E-state index is 3.61. The Morgan fingerprint density at radius 3 is 2.44 bits per heavy atom. The summed E-state index contributed by atoms with van der Waals surface area (Å²) in [4.78, 5) is 0. The van der Waals surface area contributed by atoms with Crippen LogP contribution in [-0.4, -0.2) is 17.2 Å². The SMILES string of the molecule is Cc1cc(C(C)CCNC2CC2)c(C)n1C(C)C. The first kappa shape index (κ1) is 13.7. The van der Waals surface area contributed by atoms with E-state index < -0.39 is 0 Å². The molecular formula is C16H28N2. The van der Waals surface area contributed by atoms with Gasteiger partial charge in [-0.3, -0.25) is 0 Å². The van der Waals surface area contributed by atoms with E-state index in [0.29, 0.717) is 12.0 Å². The topological polar surface area (TPSA) is 17.0 Å². The lowest BCUT2D eigenvalue weighted by molar-refractivity contribution is 0.561. The summed E-state index contributed by atoms with van der Waals surface area (Å²) in [7, 11) is 0. The van der Waals surface area contributed by atoms with Gasteiger partial charge < -0.3 is 9.88 Å². The molecule has 1 aromatic rings. The fourth-order valence-corrected chi connectivity index (χ4v) is 3.04. The van der Waals surface area contributed by atoms with Gasteiger partial charge in [-0.25, -0.2) is 0 Å². The van der Waals surface area contributed by atoms with Crippen LogP contribution in [0.2, 0.25) is 0 Å². The average molecular weight is 248 g/mol. The summed E-state index contributed by atoms with van der Waals surface area (Å²) in [6, 6.07) is 3.78. The van der Waals surface area contributed by atoms with Gasteiger partial charge in [0, 0.05) is 23.5 Å². The second kappa shape index (κ2) is 5.48. The van der Waals surface area contributed by atoms with Crippen molar-refractivity contribution in [2.24, 2.45) is 0 Å². The summed E-state index contributed by atoms with van der Waals surface area (Å²) in [6.45, 7) is 12.6. The van der Waals surface area contributed by atoms with Gasteiger partial charge in [-0.15, -0.1) is 0 Å². The lowest BCUT2D eigenvalue weighted by atomic mass is 9.98. The quantitative estimate of drug-likeness (QED) is 0.807. The molecule has 0 saturated heterocycles. The first-order chi connectivity index (χ1) is 8.50. The van der Waals surface area contributed by atoms with Crippen molar-refractivity contribution < 1.29 is 0 Å². The van der Waals surface area contributed by atoms with Crippen molar-refractivity contribution in [2.45, 2.75) is 71.9 Å². The lowest BCUT2D eigenvalue weighted by Gasteiger charge is -2.16. The Balaban J connectivity index is 1.99. The second-order valence-electron chi connectivity index (χ2n) is 6.21. The minimum Gasteiger partial charge on any atom is -0.346 e. The smallest absolute Gasteiger partial charge is 0.0279 e. The van der Waals surface area contributed by atoms with E-state index in [1.54, 1.807) is 5.56 Å². The van der Waals surface area contributed by atoms with Crippen LogP contribution in [0.4, 0.5) is 0 Å². The third-order valence-electron chi connectivity index (χ3n) is 4.16. The Morgan fingerprint density at radius 2 is 1.94 bits per heavy atom. The highest BCUT2D eigenvalue weighted by Gasteiger charge is 2.21. The van der Waals surface area contributed by atoms with Crippen molar-refractivity contribution in [3.8, 4) is 0 Å². The number of aromatic nitrogens is 1. The van der Waals surface area contributed by atoms with Gasteiger partial charge in [-0.1, -0.05) is 6.92 Å². The monoisotopic (exact) mass is 248 g/mol. The number of nitrogens with one attached hydrogen (secondary N) is 1. The minimum atomic E-state index is 0.565. The molecule has 1 heterocycles. The van der Waals surface area contributed by atoms with Gasteiger partial charge >= 0.3 is 0 Å². The molecule has 1 aliphatic rings. The third-order valence-corrected chi connectivity index (χ3v) is 4.16. The molecule has 0 bridgehead atoms. The van der Waals surface area contributed by atoms with Crippen molar-refractivity contribution in [3.63, 3.8) is 0 Å². The highest BCUT2D eigenvalue weighted by molar-refractivity contribution is 5.30. The van der Waals surface area contributed by atoms with E-state index in [2.05, 4.69) is 50.6 Å². The Morgan fingerprint density at radius 1 is 1.28 bits per heavy atom. The molecule has 102 valence electrons. The summed E-state index contributed by atoms with van der Waals surface area (Å²) < 4.78 is 2.46. The first-order valence-electron chi connectivity index (χ1n) is 7.42. The molecule has 1 aromatic heterocycles. The predicted molar refractivity (Wildman–Crippen MR) is 78.3 cm³/mol. The summed E-state index contributed by atoms with van der Waals surface area (Å²) in [5.41, 5.74) is 4.40. The van der Waals surface area contributed by atoms with E-state index >= 15 is 0 Å². The molecule has 1 atom stereocenters. The molecule has 1 N–H and O–H groups in total. The van der Waals surface area contributed by atoms with Crippen LogP contribution >= 0.6 is 0 Å². The lowest BCUT2D eigenvalue weighted by Crippen LogP contribution is -2.19. The Kier molecular flexibility index (Phi) is 4.16. The minimum absolute atomic E-state index is 0.565. The van der Waals surface area contributed by atoms with Crippen molar-refractivity contribution in [1.29, 1.82) is 0 Å². The zero-order chi connectivity index (χ0) is 13.3. The van der Waals surface area contributed by atoms with Gasteiger partial charge in [-0.2, -0.15) is 0 Å². The molecule has 0 amide bonds. The largest absolute Gasteiger partial charge is 0.346 e. The molecule has 2 nitrogen and oxygen atoms in total. The predicted octanol–water partition coefficient (Wildman–Crippen LogP) is 3.93. The van der Waals surface area contributed by atoms with Gasteiger partial charge in [0.2, 0.25) is 0 Å². The molecule has 1 saturated carbocycles. The molecule has 1 aliphatic carbocycles. The standard InChI is InChI=1S/C16H28N2/c1-11(2)18-13(4)10-16(14(18)5)12(3)8-9-17-15-6-7-15/h10-12,15,17H,6-9H2,1-5H3. The van der Waals surface area contributed by atoms with Gasteiger partial charge in [-0.05, 0) is 71.0 Å². The molecule has 1 fully saturated rings. The fourth-order valence-electron chi connectivity index (χ4n) is 3.04. The molecule has 0 spiro atoms. The molecule has 2 rings (SSSR count). The van der Waals surface area contributed by atoms with Gasteiger partial charge in [0.25, 0.3) is 0 Å². The second-order valence-corrected chi connectivity index (χ2v) is 6.21. The van der Waals surface area contributed by atoms with E-state index in [-0.39, 0.29) is 0 Å². The average Bonchev–Trinajstić information content (AvgIpc) is 3.04. The molecule has 0 aromatic carbocycles. The first-order valence-corrected chi connectivity index (χ1v) is 7.42. The van der Waals surface area contributed by atoms with Gasteiger partial charge in [0.15, 0.2) is 0 Å². The number of aryl methyl sites for hydroxylation is 1. The van der Waals surface area contributed by atoms with Gasteiger partial charge in [0.05, 0.1) is 0 Å². The number of rotatable bonds is 6. The van der Waals surface area contributed by atoms with Crippen LogP contribution < -0.4 is 5.32 Å². The third kappa shape index (κ3) is 2.97. The highest BCUT2D eigenvalue weighted by atomic mass is 15.0. The van der Waals surface area contributed by atoms with Crippen LogP contribution in [0.15, 0.2) is 6.07 Å². The van der Waals surface area contributed by atoms with Gasteiger partial charge in [0.1, 0.15) is 0 Å². The van der Waals surface area contributed by atoms with Crippen LogP contribution in [0, 0.1) is 13.8 Å². The highest BCUT2D eigenvalue weighted by Crippen LogP contribution is 2.28. The summed E-state index contributed by atoms with van der Waals surface area (Å²) in [5, 5.41) is 3.61.